The number of carbonyl (C=O) groups is 1. The molecule has 2 aromatic carbocycles. The van der Waals surface area contributed by atoms with Gasteiger partial charge in [-0.25, -0.2) is 0 Å². The summed E-state index contributed by atoms with van der Waals surface area (Å²) in [5, 5.41) is -0.141. The van der Waals surface area contributed by atoms with Crippen molar-refractivity contribution in [3.63, 3.8) is 0 Å². The minimum atomic E-state index is -0.141. The summed E-state index contributed by atoms with van der Waals surface area (Å²) in [6, 6.07) is 12.8. The number of rotatable bonds is 5. The Bertz CT molecular complexity index is 600. The van der Waals surface area contributed by atoms with Crippen LogP contribution in [0.1, 0.15) is 10.4 Å². The lowest BCUT2D eigenvalue weighted by molar-refractivity contribution is 0.108. The van der Waals surface area contributed by atoms with Gasteiger partial charge in [-0.2, -0.15) is 0 Å². The Morgan fingerprint density at radius 2 is 1.48 bits per heavy atom. The molecule has 0 aliphatic heterocycles. The first kappa shape index (κ1) is 15.3. The molecule has 5 heteroatoms. The van der Waals surface area contributed by atoms with Gasteiger partial charge in [-0.15, -0.1) is 0 Å². The highest BCUT2D eigenvalue weighted by molar-refractivity contribution is 8.14. The molecule has 0 heterocycles. The lowest BCUT2D eigenvalue weighted by Gasteiger charge is -2.13. The van der Waals surface area contributed by atoms with Gasteiger partial charge < -0.3 is 14.2 Å². The predicted octanol–water partition coefficient (Wildman–Crippen LogP) is 3.64. The van der Waals surface area contributed by atoms with E-state index in [0.29, 0.717) is 22.8 Å². The van der Waals surface area contributed by atoms with Crippen molar-refractivity contribution >= 4 is 16.9 Å². The summed E-state index contributed by atoms with van der Waals surface area (Å²) in [5.74, 6) is 1.43. The van der Waals surface area contributed by atoms with Gasteiger partial charge in [0.2, 0.25) is 5.12 Å². The van der Waals surface area contributed by atoms with E-state index >= 15 is 0 Å². The molecule has 0 aromatic heterocycles. The van der Waals surface area contributed by atoms with E-state index in [1.165, 1.54) is 14.2 Å². The molecule has 2 rings (SSSR count). The molecule has 0 radical (unpaired) electrons. The average Bonchev–Trinajstić information content (AvgIpc) is 2.54. The second-order valence-corrected chi connectivity index (χ2v) is 5.16. The largest absolute Gasteiger partial charge is 0.496 e. The van der Waals surface area contributed by atoms with Gasteiger partial charge in [0.1, 0.15) is 22.8 Å². The number of benzene rings is 2. The average molecular weight is 304 g/mol. The summed E-state index contributed by atoms with van der Waals surface area (Å²) in [6.45, 7) is 0. The van der Waals surface area contributed by atoms with Gasteiger partial charge in [-0.3, -0.25) is 4.79 Å². The van der Waals surface area contributed by atoms with E-state index in [9.17, 15) is 4.79 Å². The van der Waals surface area contributed by atoms with Crippen LogP contribution in [0.15, 0.2) is 47.4 Å². The van der Waals surface area contributed by atoms with Crippen LogP contribution < -0.4 is 14.2 Å². The van der Waals surface area contributed by atoms with Crippen LogP contribution in [0.2, 0.25) is 0 Å². The van der Waals surface area contributed by atoms with Crippen molar-refractivity contribution in [1.82, 2.24) is 0 Å². The van der Waals surface area contributed by atoms with Crippen LogP contribution in [0.3, 0.4) is 0 Å². The van der Waals surface area contributed by atoms with E-state index in [4.69, 9.17) is 14.2 Å². The fraction of sp³-hybridized carbons (Fsp3) is 0.188. The van der Waals surface area contributed by atoms with Gasteiger partial charge in [0.15, 0.2) is 0 Å². The van der Waals surface area contributed by atoms with Crippen LogP contribution in [0.5, 0.6) is 17.2 Å². The first-order valence-corrected chi connectivity index (χ1v) is 7.08. The van der Waals surface area contributed by atoms with Gasteiger partial charge in [0.05, 0.1) is 21.3 Å². The number of methoxy groups -OCH3 is 3. The van der Waals surface area contributed by atoms with E-state index in [1.807, 2.05) is 30.3 Å². The van der Waals surface area contributed by atoms with Gasteiger partial charge >= 0.3 is 0 Å². The van der Waals surface area contributed by atoms with Crippen molar-refractivity contribution in [3.05, 3.63) is 48.0 Å². The van der Waals surface area contributed by atoms with Crippen molar-refractivity contribution in [2.45, 2.75) is 4.90 Å². The van der Waals surface area contributed by atoms with Gasteiger partial charge in [0, 0.05) is 17.0 Å². The van der Waals surface area contributed by atoms with Gasteiger partial charge in [0.25, 0.3) is 0 Å². The summed E-state index contributed by atoms with van der Waals surface area (Å²) in [4.78, 5) is 13.4. The Hall–Kier alpha value is -2.14. The Morgan fingerprint density at radius 1 is 0.905 bits per heavy atom. The molecular weight excluding hydrogens is 288 g/mol. The normalized spacial score (nSPS) is 10.0. The minimum Gasteiger partial charge on any atom is -0.496 e. The third-order valence-corrected chi connectivity index (χ3v) is 3.77. The molecule has 4 nitrogen and oxygen atoms in total. The Morgan fingerprint density at radius 3 is 1.95 bits per heavy atom. The second kappa shape index (κ2) is 7.04. The van der Waals surface area contributed by atoms with Crippen molar-refractivity contribution in [2.75, 3.05) is 21.3 Å². The number of thioether (sulfide) groups is 1. The van der Waals surface area contributed by atoms with Gasteiger partial charge in [-0.1, -0.05) is 18.2 Å². The topological polar surface area (TPSA) is 44.8 Å². The first-order valence-electron chi connectivity index (χ1n) is 6.26. The molecule has 0 spiro atoms. The summed E-state index contributed by atoms with van der Waals surface area (Å²) >= 11 is 1.13. The quantitative estimate of drug-likeness (QED) is 0.789. The van der Waals surface area contributed by atoms with Crippen molar-refractivity contribution < 1.29 is 19.0 Å². The van der Waals surface area contributed by atoms with Crippen LogP contribution in [-0.2, 0) is 0 Å². The summed E-state index contributed by atoms with van der Waals surface area (Å²) in [6.07, 6.45) is 0. The van der Waals surface area contributed by atoms with Crippen LogP contribution in [0, 0.1) is 0 Å². The molecule has 2 aromatic rings. The monoisotopic (exact) mass is 304 g/mol. The highest BCUT2D eigenvalue weighted by atomic mass is 32.2. The fourth-order valence-electron chi connectivity index (χ4n) is 1.85. The molecule has 0 aliphatic rings. The molecule has 0 fully saturated rings. The first-order chi connectivity index (χ1) is 10.2. The Balaban J connectivity index is 2.39. The standard InChI is InChI=1S/C16H16O4S/c1-18-11-9-13(19-2)15(14(10-11)20-3)16(17)21-12-7-5-4-6-8-12/h4-10H,1-3H3. The zero-order valence-electron chi connectivity index (χ0n) is 12.1. The van der Waals surface area contributed by atoms with Crippen molar-refractivity contribution in [2.24, 2.45) is 0 Å². The van der Waals surface area contributed by atoms with E-state index in [1.54, 1.807) is 19.2 Å². The SMILES string of the molecule is COc1cc(OC)c(C(=O)Sc2ccccc2)c(OC)c1. The highest BCUT2D eigenvalue weighted by Gasteiger charge is 2.21. The third-order valence-electron chi connectivity index (χ3n) is 2.87. The Kier molecular flexibility index (Phi) is 5.11. The Labute approximate surface area is 128 Å². The van der Waals surface area contributed by atoms with E-state index in [2.05, 4.69) is 0 Å². The fourth-order valence-corrected chi connectivity index (χ4v) is 2.66. The molecule has 0 saturated heterocycles. The van der Waals surface area contributed by atoms with Crippen molar-refractivity contribution in [1.29, 1.82) is 0 Å². The maximum atomic E-state index is 12.5. The van der Waals surface area contributed by atoms with Crippen LogP contribution in [0.25, 0.3) is 0 Å². The second-order valence-electron chi connectivity index (χ2n) is 4.11. The number of hydrogen-bond acceptors (Lipinski definition) is 5. The number of hydrogen-bond donors (Lipinski definition) is 0. The smallest absolute Gasteiger partial charge is 0.231 e. The van der Waals surface area contributed by atoms with E-state index in [0.717, 1.165) is 16.7 Å². The zero-order chi connectivity index (χ0) is 15.2. The van der Waals surface area contributed by atoms with Crippen LogP contribution >= 0.6 is 11.8 Å². The molecule has 0 amide bonds. The molecule has 0 N–H and O–H groups in total. The van der Waals surface area contributed by atoms with Crippen LogP contribution in [-0.4, -0.2) is 26.4 Å². The maximum absolute atomic E-state index is 12.5. The minimum absolute atomic E-state index is 0.141. The molecule has 0 unspecified atom stereocenters. The summed E-state index contributed by atoms with van der Waals surface area (Å²) in [7, 11) is 4.57. The van der Waals surface area contributed by atoms with Crippen molar-refractivity contribution in [3.8, 4) is 17.2 Å². The predicted molar refractivity (Wildman–Crippen MR) is 82.7 cm³/mol. The molecule has 0 aliphatic carbocycles. The molecular formula is C16H16O4S. The van der Waals surface area contributed by atoms with E-state index in [-0.39, 0.29) is 5.12 Å². The molecule has 21 heavy (non-hydrogen) atoms. The van der Waals surface area contributed by atoms with Gasteiger partial charge in [-0.05, 0) is 23.9 Å². The highest BCUT2D eigenvalue weighted by Crippen LogP contribution is 2.37. The van der Waals surface area contributed by atoms with E-state index < -0.39 is 0 Å². The summed E-state index contributed by atoms with van der Waals surface area (Å²) < 4.78 is 15.8. The summed E-state index contributed by atoms with van der Waals surface area (Å²) in [5.41, 5.74) is 0.398. The molecule has 0 atom stereocenters. The zero-order valence-corrected chi connectivity index (χ0v) is 12.9. The number of ether oxygens (including phenoxy) is 3. The number of carbonyl (C=O) groups excluding carboxylic acids is 1. The third kappa shape index (κ3) is 3.49. The maximum Gasteiger partial charge on any atom is 0.231 e. The lowest BCUT2D eigenvalue weighted by atomic mass is 10.2. The lowest BCUT2D eigenvalue weighted by Crippen LogP contribution is -2.02. The van der Waals surface area contributed by atoms with Crippen LogP contribution in [0.4, 0.5) is 0 Å². The molecule has 110 valence electrons. The molecule has 0 saturated carbocycles. The molecule has 0 bridgehead atoms.